The molecule has 0 atom stereocenters. The summed E-state index contributed by atoms with van der Waals surface area (Å²) in [5.41, 5.74) is 0.306. The lowest BCUT2D eigenvalue weighted by molar-refractivity contribution is 0.414. The van der Waals surface area contributed by atoms with Crippen LogP contribution in [0.1, 0.15) is 6.92 Å². The standard InChI is InChI=1S/C13H15FN4O/c1-3-15-13-16-7-6-12(18-13)17-11-8-9(19-2)4-5-10(11)14/h4-8H,3H2,1-2H3,(H2,15,16,17,18). The molecule has 19 heavy (non-hydrogen) atoms. The zero-order valence-electron chi connectivity index (χ0n) is 10.8. The Hall–Kier alpha value is -2.37. The molecule has 0 aliphatic heterocycles. The van der Waals surface area contributed by atoms with Gasteiger partial charge >= 0.3 is 0 Å². The highest BCUT2D eigenvalue weighted by Crippen LogP contribution is 2.24. The fourth-order valence-electron chi connectivity index (χ4n) is 1.54. The van der Waals surface area contributed by atoms with Crippen LogP contribution in [-0.4, -0.2) is 23.6 Å². The van der Waals surface area contributed by atoms with Crippen molar-refractivity contribution in [2.45, 2.75) is 6.92 Å². The van der Waals surface area contributed by atoms with E-state index in [1.807, 2.05) is 6.92 Å². The van der Waals surface area contributed by atoms with Gasteiger partial charge in [-0.05, 0) is 25.1 Å². The highest BCUT2D eigenvalue weighted by atomic mass is 19.1. The molecule has 0 spiro atoms. The maximum absolute atomic E-state index is 13.7. The van der Waals surface area contributed by atoms with Gasteiger partial charge in [0.05, 0.1) is 12.8 Å². The molecule has 5 nitrogen and oxygen atoms in total. The molecule has 0 aliphatic rings. The normalized spacial score (nSPS) is 10.1. The van der Waals surface area contributed by atoms with Crippen molar-refractivity contribution in [3.8, 4) is 5.75 Å². The molecule has 0 fully saturated rings. The molecule has 0 radical (unpaired) electrons. The highest BCUT2D eigenvalue weighted by Gasteiger charge is 2.06. The van der Waals surface area contributed by atoms with Crippen LogP contribution in [0.15, 0.2) is 30.5 Å². The molecule has 2 N–H and O–H groups in total. The van der Waals surface area contributed by atoms with E-state index >= 15 is 0 Å². The molecule has 0 saturated heterocycles. The highest BCUT2D eigenvalue weighted by molar-refractivity contribution is 5.59. The fourth-order valence-corrected chi connectivity index (χ4v) is 1.54. The third kappa shape index (κ3) is 3.31. The zero-order valence-corrected chi connectivity index (χ0v) is 10.8. The maximum Gasteiger partial charge on any atom is 0.224 e. The quantitative estimate of drug-likeness (QED) is 0.867. The number of anilines is 3. The van der Waals surface area contributed by atoms with Crippen LogP contribution in [0.3, 0.4) is 0 Å². The molecule has 0 unspecified atom stereocenters. The van der Waals surface area contributed by atoms with E-state index in [-0.39, 0.29) is 5.82 Å². The van der Waals surface area contributed by atoms with Gasteiger partial charge in [-0.25, -0.2) is 9.37 Å². The minimum absolute atomic E-state index is 0.306. The second kappa shape index (κ2) is 5.99. The van der Waals surface area contributed by atoms with E-state index < -0.39 is 0 Å². The van der Waals surface area contributed by atoms with Gasteiger partial charge in [-0.15, -0.1) is 0 Å². The van der Waals surface area contributed by atoms with Crippen molar-refractivity contribution in [1.29, 1.82) is 0 Å². The van der Waals surface area contributed by atoms with E-state index in [2.05, 4.69) is 20.6 Å². The first kappa shape index (κ1) is 13.1. The van der Waals surface area contributed by atoms with Crippen molar-refractivity contribution in [3.63, 3.8) is 0 Å². The smallest absolute Gasteiger partial charge is 0.224 e. The summed E-state index contributed by atoms with van der Waals surface area (Å²) in [7, 11) is 1.53. The van der Waals surface area contributed by atoms with Crippen LogP contribution in [0.25, 0.3) is 0 Å². The summed E-state index contributed by atoms with van der Waals surface area (Å²) in [5, 5.41) is 5.89. The molecule has 6 heteroatoms. The number of ether oxygens (including phenoxy) is 1. The van der Waals surface area contributed by atoms with Gasteiger partial charge in [0.1, 0.15) is 17.4 Å². The number of rotatable bonds is 5. The molecule has 2 rings (SSSR count). The van der Waals surface area contributed by atoms with Crippen LogP contribution in [0.5, 0.6) is 5.75 Å². The Kier molecular flexibility index (Phi) is 4.12. The molecule has 1 heterocycles. The minimum atomic E-state index is -0.371. The van der Waals surface area contributed by atoms with Crippen LogP contribution in [0.2, 0.25) is 0 Å². The van der Waals surface area contributed by atoms with Crippen molar-refractivity contribution in [3.05, 3.63) is 36.3 Å². The summed E-state index contributed by atoms with van der Waals surface area (Å²) in [4.78, 5) is 8.26. The molecular weight excluding hydrogens is 247 g/mol. The summed E-state index contributed by atoms with van der Waals surface area (Å²) < 4.78 is 18.7. The van der Waals surface area contributed by atoms with Gasteiger partial charge in [-0.3, -0.25) is 0 Å². The molecule has 1 aromatic carbocycles. The van der Waals surface area contributed by atoms with E-state index in [4.69, 9.17) is 4.74 Å². The lowest BCUT2D eigenvalue weighted by atomic mass is 10.3. The van der Waals surface area contributed by atoms with Crippen molar-refractivity contribution in [1.82, 2.24) is 9.97 Å². The van der Waals surface area contributed by atoms with E-state index in [0.717, 1.165) is 6.54 Å². The molecule has 1 aromatic heterocycles. The molecule has 0 aliphatic carbocycles. The predicted molar refractivity (Wildman–Crippen MR) is 72.4 cm³/mol. The lowest BCUT2D eigenvalue weighted by Crippen LogP contribution is -2.04. The Bertz CT molecular complexity index is 562. The Labute approximate surface area is 110 Å². The average molecular weight is 262 g/mol. The monoisotopic (exact) mass is 262 g/mol. The topological polar surface area (TPSA) is 59.1 Å². The molecular formula is C13H15FN4O. The number of methoxy groups -OCH3 is 1. The van der Waals surface area contributed by atoms with Gasteiger partial charge in [0.15, 0.2) is 0 Å². The van der Waals surface area contributed by atoms with Gasteiger partial charge in [0.25, 0.3) is 0 Å². The van der Waals surface area contributed by atoms with Crippen LogP contribution >= 0.6 is 0 Å². The number of hydrogen-bond donors (Lipinski definition) is 2. The van der Waals surface area contributed by atoms with E-state index in [1.165, 1.54) is 13.2 Å². The summed E-state index contributed by atoms with van der Waals surface area (Å²) in [5.74, 6) is 1.21. The molecule has 0 bridgehead atoms. The van der Waals surface area contributed by atoms with Crippen LogP contribution < -0.4 is 15.4 Å². The Morgan fingerprint density at radius 2 is 2.16 bits per heavy atom. The Morgan fingerprint density at radius 3 is 2.89 bits per heavy atom. The van der Waals surface area contributed by atoms with E-state index in [0.29, 0.717) is 23.2 Å². The first-order valence-corrected chi connectivity index (χ1v) is 5.90. The lowest BCUT2D eigenvalue weighted by Gasteiger charge is -2.09. The number of benzene rings is 1. The second-order valence-electron chi connectivity index (χ2n) is 3.77. The van der Waals surface area contributed by atoms with E-state index in [1.54, 1.807) is 24.4 Å². The third-order valence-electron chi connectivity index (χ3n) is 2.43. The molecule has 2 aromatic rings. The van der Waals surface area contributed by atoms with Crippen LogP contribution in [-0.2, 0) is 0 Å². The van der Waals surface area contributed by atoms with Gasteiger partial charge in [0, 0.05) is 18.8 Å². The summed E-state index contributed by atoms with van der Waals surface area (Å²) in [6, 6.07) is 6.14. The first-order chi connectivity index (χ1) is 9.22. The number of aromatic nitrogens is 2. The maximum atomic E-state index is 13.7. The first-order valence-electron chi connectivity index (χ1n) is 5.90. The summed E-state index contributed by atoms with van der Waals surface area (Å²) in [6.07, 6.45) is 1.60. The summed E-state index contributed by atoms with van der Waals surface area (Å²) in [6.45, 7) is 2.67. The Morgan fingerprint density at radius 1 is 1.32 bits per heavy atom. The van der Waals surface area contributed by atoms with Gasteiger partial charge in [-0.2, -0.15) is 4.98 Å². The van der Waals surface area contributed by atoms with Crippen molar-refractivity contribution in [2.24, 2.45) is 0 Å². The molecule has 0 saturated carbocycles. The average Bonchev–Trinajstić information content (AvgIpc) is 2.42. The number of nitrogens with one attached hydrogen (secondary N) is 2. The number of hydrogen-bond acceptors (Lipinski definition) is 5. The molecule has 100 valence electrons. The van der Waals surface area contributed by atoms with E-state index in [9.17, 15) is 4.39 Å². The molecule has 0 amide bonds. The third-order valence-corrected chi connectivity index (χ3v) is 2.43. The Balaban J connectivity index is 2.22. The van der Waals surface area contributed by atoms with Crippen LogP contribution in [0.4, 0.5) is 21.8 Å². The minimum Gasteiger partial charge on any atom is -0.497 e. The predicted octanol–water partition coefficient (Wildman–Crippen LogP) is 2.80. The van der Waals surface area contributed by atoms with Gasteiger partial charge < -0.3 is 15.4 Å². The number of halogens is 1. The largest absolute Gasteiger partial charge is 0.497 e. The summed E-state index contributed by atoms with van der Waals surface area (Å²) >= 11 is 0. The van der Waals surface area contributed by atoms with Crippen molar-refractivity contribution < 1.29 is 9.13 Å². The van der Waals surface area contributed by atoms with Crippen molar-refractivity contribution >= 4 is 17.5 Å². The zero-order chi connectivity index (χ0) is 13.7. The van der Waals surface area contributed by atoms with Crippen LogP contribution in [0, 0.1) is 5.82 Å². The van der Waals surface area contributed by atoms with Gasteiger partial charge in [-0.1, -0.05) is 0 Å². The second-order valence-corrected chi connectivity index (χ2v) is 3.77. The van der Waals surface area contributed by atoms with Gasteiger partial charge in [0.2, 0.25) is 5.95 Å². The fraction of sp³-hybridized carbons (Fsp3) is 0.231. The van der Waals surface area contributed by atoms with Crippen molar-refractivity contribution in [2.75, 3.05) is 24.3 Å². The SMILES string of the molecule is CCNc1nccc(Nc2cc(OC)ccc2F)n1. The number of nitrogens with zero attached hydrogens (tertiary/aromatic N) is 2.